The largest absolute Gasteiger partial charge is 0.373 e. The van der Waals surface area contributed by atoms with Crippen LogP contribution in [-0.2, 0) is 4.74 Å². The average Bonchev–Trinajstić information content (AvgIpc) is 1.76. The number of hydrogen-bond donors (Lipinski definition) is 0. The van der Waals surface area contributed by atoms with E-state index in [2.05, 4.69) is 48.5 Å². The van der Waals surface area contributed by atoms with E-state index in [-0.39, 0.29) is 5.60 Å². The summed E-state index contributed by atoms with van der Waals surface area (Å²) in [5.41, 5.74) is 0.0660. The zero-order valence-electron chi connectivity index (χ0n) is 11.1. The van der Waals surface area contributed by atoms with Gasteiger partial charge in [0.05, 0.1) is 11.7 Å². The van der Waals surface area contributed by atoms with Gasteiger partial charge in [-0.2, -0.15) is 0 Å². The van der Waals surface area contributed by atoms with E-state index >= 15 is 0 Å². The van der Waals surface area contributed by atoms with Crippen LogP contribution in [0.4, 0.5) is 0 Å². The molecule has 0 aliphatic carbocycles. The molecule has 0 heterocycles. The molecule has 0 rings (SSSR count). The van der Waals surface area contributed by atoms with Gasteiger partial charge in [-0.25, -0.2) is 0 Å². The topological polar surface area (TPSA) is 9.23 Å². The Morgan fingerprint density at radius 1 is 0.857 bits per heavy atom. The predicted octanol–water partition coefficient (Wildman–Crippen LogP) is 4.26. The quantitative estimate of drug-likeness (QED) is 0.622. The lowest BCUT2D eigenvalue weighted by atomic mass is 9.86. The second-order valence-electron chi connectivity index (χ2n) is 5.81. The summed E-state index contributed by atoms with van der Waals surface area (Å²) in [5.74, 6) is 1.41. The van der Waals surface area contributed by atoms with Crippen LogP contribution < -0.4 is 0 Å². The van der Waals surface area contributed by atoms with Crippen LogP contribution in [0.1, 0.15) is 61.3 Å². The van der Waals surface area contributed by atoms with Crippen molar-refractivity contribution in [1.29, 1.82) is 0 Å². The summed E-state index contributed by atoms with van der Waals surface area (Å²) in [7, 11) is 0. The van der Waals surface area contributed by atoms with E-state index in [1.165, 1.54) is 0 Å². The van der Waals surface area contributed by atoms with E-state index in [1.807, 2.05) is 0 Å². The van der Waals surface area contributed by atoms with Gasteiger partial charge in [0.25, 0.3) is 0 Å². The van der Waals surface area contributed by atoms with Gasteiger partial charge in [-0.15, -0.1) is 0 Å². The van der Waals surface area contributed by atoms with Crippen LogP contribution in [0.15, 0.2) is 0 Å². The van der Waals surface area contributed by atoms with Crippen LogP contribution in [-0.4, -0.2) is 11.7 Å². The van der Waals surface area contributed by atoms with Crippen LogP contribution >= 0.6 is 0 Å². The Kier molecular flexibility index (Phi) is 5.73. The molecule has 14 heavy (non-hydrogen) atoms. The molecule has 0 atom stereocenters. The van der Waals surface area contributed by atoms with E-state index in [4.69, 9.17) is 4.74 Å². The zero-order valence-corrected chi connectivity index (χ0v) is 11.1. The smallest absolute Gasteiger partial charge is 0.0662 e. The van der Waals surface area contributed by atoms with Gasteiger partial charge in [0, 0.05) is 0 Å². The van der Waals surface area contributed by atoms with Crippen molar-refractivity contribution < 1.29 is 4.74 Å². The van der Waals surface area contributed by atoms with E-state index < -0.39 is 0 Å². The third-order valence-corrected chi connectivity index (χ3v) is 2.20. The second kappa shape index (κ2) is 5.75. The lowest BCUT2D eigenvalue weighted by molar-refractivity contribution is -0.0904. The molecular formula is C13H28O. The molecule has 0 fully saturated rings. The fraction of sp³-hybridized carbons (Fsp3) is 1.00. The molecule has 0 amide bonds. The summed E-state index contributed by atoms with van der Waals surface area (Å²) in [6.45, 7) is 15.6. The molecule has 0 aliphatic heterocycles. The van der Waals surface area contributed by atoms with Crippen LogP contribution in [0.25, 0.3) is 0 Å². The number of ether oxygens (including phenoxy) is 1. The minimum absolute atomic E-state index is 0.0660. The molecule has 86 valence electrons. The maximum Gasteiger partial charge on any atom is 0.0662 e. The van der Waals surface area contributed by atoms with Crippen molar-refractivity contribution in [3.63, 3.8) is 0 Å². The Labute approximate surface area is 90.2 Å². The minimum Gasteiger partial charge on any atom is -0.373 e. The Balaban J connectivity index is 4.32. The van der Waals surface area contributed by atoms with Crippen molar-refractivity contribution >= 4 is 0 Å². The van der Waals surface area contributed by atoms with Crippen LogP contribution in [0.2, 0.25) is 0 Å². The molecular weight excluding hydrogens is 172 g/mol. The summed E-state index contributed by atoms with van der Waals surface area (Å²) < 4.78 is 6.06. The molecule has 0 bridgehead atoms. The third-order valence-electron chi connectivity index (χ3n) is 2.20. The zero-order chi connectivity index (χ0) is 11.4. The average molecular weight is 200 g/mol. The van der Waals surface area contributed by atoms with E-state index in [9.17, 15) is 0 Å². The molecule has 0 saturated carbocycles. The van der Waals surface area contributed by atoms with Crippen LogP contribution in [0.3, 0.4) is 0 Å². The summed E-state index contributed by atoms with van der Waals surface area (Å²) in [4.78, 5) is 0. The van der Waals surface area contributed by atoms with Crippen molar-refractivity contribution in [1.82, 2.24) is 0 Å². The Hall–Kier alpha value is -0.0400. The van der Waals surface area contributed by atoms with Crippen molar-refractivity contribution in [2.75, 3.05) is 0 Å². The molecule has 0 aliphatic rings. The lowest BCUT2D eigenvalue weighted by Gasteiger charge is -2.35. The third kappa shape index (κ3) is 6.42. The highest BCUT2D eigenvalue weighted by Gasteiger charge is 2.28. The SMILES string of the molecule is CC(C)CC(C)(CC(C)C)OC(C)C. The first kappa shape index (κ1) is 14.0. The standard InChI is InChI=1S/C13H28O/c1-10(2)8-13(7,9-11(3)4)14-12(5)6/h10-12H,8-9H2,1-7H3. The molecule has 0 unspecified atom stereocenters. The first-order chi connectivity index (χ1) is 6.25. The molecule has 0 N–H and O–H groups in total. The van der Waals surface area contributed by atoms with E-state index in [0.717, 1.165) is 12.8 Å². The predicted molar refractivity (Wildman–Crippen MR) is 63.5 cm³/mol. The molecule has 0 aromatic carbocycles. The monoisotopic (exact) mass is 200 g/mol. The van der Waals surface area contributed by atoms with Crippen molar-refractivity contribution in [3.05, 3.63) is 0 Å². The molecule has 0 aromatic heterocycles. The number of hydrogen-bond acceptors (Lipinski definition) is 1. The molecule has 0 aromatic rings. The molecule has 0 saturated heterocycles. The molecule has 0 radical (unpaired) electrons. The maximum atomic E-state index is 6.06. The Bertz CT molecular complexity index is 121. The van der Waals surface area contributed by atoms with E-state index in [0.29, 0.717) is 17.9 Å². The van der Waals surface area contributed by atoms with Gasteiger partial charge in [-0.3, -0.25) is 0 Å². The van der Waals surface area contributed by atoms with Gasteiger partial charge >= 0.3 is 0 Å². The summed E-state index contributed by atoms with van der Waals surface area (Å²) in [6.07, 6.45) is 2.64. The fourth-order valence-electron chi connectivity index (χ4n) is 2.48. The van der Waals surface area contributed by atoms with Gasteiger partial charge in [0.15, 0.2) is 0 Å². The first-order valence-electron chi connectivity index (χ1n) is 5.93. The highest BCUT2D eigenvalue weighted by Crippen LogP contribution is 2.29. The van der Waals surface area contributed by atoms with Gasteiger partial charge in [-0.05, 0) is 45.4 Å². The highest BCUT2D eigenvalue weighted by molar-refractivity contribution is 4.78. The molecule has 0 spiro atoms. The van der Waals surface area contributed by atoms with Gasteiger partial charge in [0.2, 0.25) is 0 Å². The second-order valence-corrected chi connectivity index (χ2v) is 5.81. The van der Waals surface area contributed by atoms with Gasteiger partial charge < -0.3 is 4.74 Å². The van der Waals surface area contributed by atoms with E-state index in [1.54, 1.807) is 0 Å². The summed E-state index contributed by atoms with van der Waals surface area (Å²) >= 11 is 0. The molecule has 1 nitrogen and oxygen atoms in total. The Morgan fingerprint density at radius 3 is 1.43 bits per heavy atom. The first-order valence-corrected chi connectivity index (χ1v) is 5.93. The summed E-state index contributed by atoms with van der Waals surface area (Å²) in [6, 6.07) is 0. The van der Waals surface area contributed by atoms with Crippen LogP contribution in [0.5, 0.6) is 0 Å². The lowest BCUT2D eigenvalue weighted by Crippen LogP contribution is -2.34. The summed E-state index contributed by atoms with van der Waals surface area (Å²) in [5, 5.41) is 0. The highest BCUT2D eigenvalue weighted by atomic mass is 16.5. The fourth-order valence-corrected chi connectivity index (χ4v) is 2.48. The van der Waals surface area contributed by atoms with Crippen molar-refractivity contribution in [3.8, 4) is 0 Å². The van der Waals surface area contributed by atoms with Crippen LogP contribution in [0, 0.1) is 11.8 Å². The van der Waals surface area contributed by atoms with Gasteiger partial charge in [0.1, 0.15) is 0 Å². The Morgan fingerprint density at radius 2 is 1.21 bits per heavy atom. The minimum atomic E-state index is 0.0660. The maximum absolute atomic E-state index is 6.06. The normalized spacial score (nSPS) is 13.3. The van der Waals surface area contributed by atoms with Crippen molar-refractivity contribution in [2.45, 2.75) is 73.0 Å². The van der Waals surface area contributed by atoms with Gasteiger partial charge in [-0.1, -0.05) is 27.7 Å². The molecule has 1 heteroatoms. The van der Waals surface area contributed by atoms with Crippen molar-refractivity contribution in [2.24, 2.45) is 11.8 Å². The number of rotatable bonds is 6.